The fraction of sp³-hybridized carbons (Fsp3) is 0.571. The molecular formula is C14H22ClN. The molecule has 90 valence electrons. The molecule has 0 radical (unpaired) electrons. The molecule has 0 atom stereocenters. The van der Waals surface area contributed by atoms with Gasteiger partial charge in [-0.2, -0.15) is 0 Å². The van der Waals surface area contributed by atoms with Gasteiger partial charge in [0.1, 0.15) is 0 Å². The molecule has 0 bridgehead atoms. The van der Waals surface area contributed by atoms with Gasteiger partial charge in [-0.1, -0.05) is 50.1 Å². The van der Waals surface area contributed by atoms with E-state index in [-0.39, 0.29) is 0 Å². The van der Waals surface area contributed by atoms with Crippen LogP contribution in [-0.4, -0.2) is 23.9 Å². The van der Waals surface area contributed by atoms with Crippen LogP contribution >= 0.6 is 11.6 Å². The molecule has 16 heavy (non-hydrogen) atoms. The number of nitrogens with zero attached hydrogens (tertiary/aromatic N) is 1. The van der Waals surface area contributed by atoms with E-state index in [0.717, 1.165) is 25.5 Å². The van der Waals surface area contributed by atoms with Crippen LogP contribution in [0.1, 0.15) is 31.7 Å². The Balaban J connectivity index is 2.38. The van der Waals surface area contributed by atoms with Crippen LogP contribution in [0.2, 0.25) is 0 Å². The molecule has 1 aromatic rings. The molecule has 0 saturated carbocycles. The first kappa shape index (κ1) is 13.5. The molecule has 0 N–H and O–H groups in total. The number of halogens is 1. The Morgan fingerprint density at radius 1 is 1.06 bits per heavy atom. The Labute approximate surface area is 104 Å². The summed E-state index contributed by atoms with van der Waals surface area (Å²) in [5.41, 5.74) is 1.38. The summed E-state index contributed by atoms with van der Waals surface area (Å²) in [5, 5.41) is 0. The second kappa shape index (κ2) is 8.60. The second-order valence-corrected chi connectivity index (χ2v) is 4.54. The van der Waals surface area contributed by atoms with Crippen molar-refractivity contribution in [2.45, 2.75) is 32.7 Å². The molecule has 2 heteroatoms. The van der Waals surface area contributed by atoms with Crippen molar-refractivity contribution in [1.29, 1.82) is 0 Å². The van der Waals surface area contributed by atoms with E-state index in [2.05, 4.69) is 42.2 Å². The fourth-order valence-corrected chi connectivity index (χ4v) is 2.06. The fourth-order valence-electron chi connectivity index (χ4n) is 1.82. The van der Waals surface area contributed by atoms with Crippen molar-refractivity contribution in [2.75, 3.05) is 19.0 Å². The van der Waals surface area contributed by atoms with Gasteiger partial charge in [0.05, 0.1) is 0 Å². The monoisotopic (exact) mass is 239 g/mol. The summed E-state index contributed by atoms with van der Waals surface area (Å²) in [6, 6.07) is 10.6. The summed E-state index contributed by atoms with van der Waals surface area (Å²) in [7, 11) is 0. The normalized spacial score (nSPS) is 10.9. The zero-order valence-electron chi connectivity index (χ0n) is 10.2. The minimum absolute atomic E-state index is 0.721. The first-order chi connectivity index (χ1) is 7.86. The predicted molar refractivity (Wildman–Crippen MR) is 72.0 cm³/mol. The minimum Gasteiger partial charge on any atom is -0.298 e. The maximum Gasteiger partial charge on any atom is 0.0351 e. The molecule has 0 heterocycles. The molecule has 0 aliphatic carbocycles. The minimum atomic E-state index is 0.721. The van der Waals surface area contributed by atoms with Crippen molar-refractivity contribution in [2.24, 2.45) is 0 Å². The van der Waals surface area contributed by atoms with Crippen molar-refractivity contribution >= 4 is 11.6 Å². The average Bonchev–Trinajstić information content (AvgIpc) is 2.31. The number of unbranched alkanes of at least 4 members (excludes halogenated alkanes) is 2. The van der Waals surface area contributed by atoms with Crippen molar-refractivity contribution in [1.82, 2.24) is 4.90 Å². The van der Waals surface area contributed by atoms with Gasteiger partial charge in [0, 0.05) is 19.0 Å². The van der Waals surface area contributed by atoms with E-state index in [0.29, 0.717) is 0 Å². The van der Waals surface area contributed by atoms with E-state index in [1.54, 1.807) is 0 Å². The van der Waals surface area contributed by atoms with Crippen LogP contribution in [0.3, 0.4) is 0 Å². The number of hydrogen-bond acceptors (Lipinski definition) is 1. The summed E-state index contributed by atoms with van der Waals surface area (Å²) >= 11 is 5.83. The third-order valence-electron chi connectivity index (χ3n) is 2.73. The SMILES string of the molecule is CCCCCN(CCCl)Cc1ccccc1. The van der Waals surface area contributed by atoms with Crippen LogP contribution < -0.4 is 0 Å². The molecule has 0 unspecified atom stereocenters. The molecule has 0 amide bonds. The largest absolute Gasteiger partial charge is 0.298 e. The van der Waals surface area contributed by atoms with Crippen LogP contribution in [0.15, 0.2) is 30.3 Å². The number of rotatable bonds is 8. The molecule has 0 fully saturated rings. The molecule has 0 aliphatic rings. The first-order valence-electron chi connectivity index (χ1n) is 6.19. The van der Waals surface area contributed by atoms with E-state index in [9.17, 15) is 0 Å². The van der Waals surface area contributed by atoms with Crippen LogP contribution in [0.25, 0.3) is 0 Å². The zero-order chi connectivity index (χ0) is 11.6. The number of alkyl halides is 1. The average molecular weight is 240 g/mol. The smallest absolute Gasteiger partial charge is 0.0351 e. The Morgan fingerprint density at radius 2 is 1.81 bits per heavy atom. The second-order valence-electron chi connectivity index (χ2n) is 4.16. The highest BCUT2D eigenvalue weighted by molar-refractivity contribution is 6.18. The maximum absolute atomic E-state index is 5.83. The summed E-state index contributed by atoms with van der Waals surface area (Å²) in [6.45, 7) is 5.41. The lowest BCUT2D eigenvalue weighted by Gasteiger charge is -2.21. The molecule has 0 aliphatic heterocycles. The van der Waals surface area contributed by atoms with Gasteiger partial charge in [0.2, 0.25) is 0 Å². The molecule has 1 rings (SSSR count). The summed E-state index contributed by atoms with van der Waals surface area (Å²) in [5.74, 6) is 0.721. The lowest BCUT2D eigenvalue weighted by Crippen LogP contribution is -2.26. The standard InChI is InChI=1S/C14H22ClN/c1-2-3-7-11-16(12-10-15)13-14-8-5-4-6-9-14/h4-6,8-9H,2-3,7,10-13H2,1H3. The molecule has 0 spiro atoms. The Morgan fingerprint density at radius 3 is 2.44 bits per heavy atom. The topological polar surface area (TPSA) is 3.24 Å². The van der Waals surface area contributed by atoms with Gasteiger partial charge in [-0.25, -0.2) is 0 Å². The van der Waals surface area contributed by atoms with Crippen LogP contribution in [0, 0.1) is 0 Å². The van der Waals surface area contributed by atoms with Crippen molar-refractivity contribution in [3.63, 3.8) is 0 Å². The highest BCUT2D eigenvalue weighted by Gasteiger charge is 2.04. The quantitative estimate of drug-likeness (QED) is 0.491. The molecule has 0 aromatic heterocycles. The van der Waals surface area contributed by atoms with Gasteiger partial charge in [-0.15, -0.1) is 11.6 Å². The highest BCUT2D eigenvalue weighted by Crippen LogP contribution is 2.06. The summed E-state index contributed by atoms with van der Waals surface area (Å²) in [4.78, 5) is 2.44. The maximum atomic E-state index is 5.83. The lowest BCUT2D eigenvalue weighted by atomic mass is 10.2. The third kappa shape index (κ3) is 5.53. The Hall–Kier alpha value is -0.530. The van der Waals surface area contributed by atoms with E-state index in [1.807, 2.05) is 0 Å². The molecule has 0 saturated heterocycles. The summed E-state index contributed by atoms with van der Waals surface area (Å²) in [6.07, 6.45) is 3.87. The van der Waals surface area contributed by atoms with Crippen LogP contribution in [0.5, 0.6) is 0 Å². The molecule has 1 aromatic carbocycles. The third-order valence-corrected chi connectivity index (χ3v) is 2.90. The Bertz CT molecular complexity index is 261. The van der Waals surface area contributed by atoms with Crippen LogP contribution in [-0.2, 0) is 6.54 Å². The van der Waals surface area contributed by atoms with E-state index in [1.165, 1.54) is 24.8 Å². The number of benzene rings is 1. The van der Waals surface area contributed by atoms with Gasteiger partial charge in [-0.3, -0.25) is 4.90 Å². The van der Waals surface area contributed by atoms with E-state index in [4.69, 9.17) is 11.6 Å². The zero-order valence-corrected chi connectivity index (χ0v) is 10.9. The van der Waals surface area contributed by atoms with Gasteiger partial charge in [0.15, 0.2) is 0 Å². The molecular weight excluding hydrogens is 218 g/mol. The van der Waals surface area contributed by atoms with Crippen molar-refractivity contribution in [3.8, 4) is 0 Å². The number of hydrogen-bond donors (Lipinski definition) is 0. The first-order valence-corrected chi connectivity index (χ1v) is 6.72. The predicted octanol–water partition coefficient (Wildman–Crippen LogP) is 3.92. The van der Waals surface area contributed by atoms with Crippen molar-refractivity contribution in [3.05, 3.63) is 35.9 Å². The highest BCUT2D eigenvalue weighted by atomic mass is 35.5. The van der Waals surface area contributed by atoms with Crippen molar-refractivity contribution < 1.29 is 0 Å². The van der Waals surface area contributed by atoms with E-state index < -0.39 is 0 Å². The summed E-state index contributed by atoms with van der Waals surface area (Å²) < 4.78 is 0. The lowest BCUT2D eigenvalue weighted by molar-refractivity contribution is 0.275. The van der Waals surface area contributed by atoms with Gasteiger partial charge in [0.25, 0.3) is 0 Å². The van der Waals surface area contributed by atoms with Gasteiger partial charge < -0.3 is 0 Å². The van der Waals surface area contributed by atoms with Gasteiger partial charge >= 0.3 is 0 Å². The van der Waals surface area contributed by atoms with Crippen LogP contribution in [0.4, 0.5) is 0 Å². The molecule has 1 nitrogen and oxygen atoms in total. The van der Waals surface area contributed by atoms with Gasteiger partial charge in [-0.05, 0) is 18.5 Å². The Kier molecular flexibility index (Phi) is 7.28. The van der Waals surface area contributed by atoms with E-state index >= 15 is 0 Å².